The summed E-state index contributed by atoms with van der Waals surface area (Å²) in [6.45, 7) is 6.63. The number of hydrogen-bond acceptors (Lipinski definition) is 10. The van der Waals surface area contributed by atoms with Crippen molar-refractivity contribution in [2.45, 2.75) is 96.3 Å². The molecule has 5 atom stereocenters. The van der Waals surface area contributed by atoms with Crippen molar-refractivity contribution in [3.05, 3.63) is 24.2 Å². The number of nitrogens with zero attached hydrogens (tertiary/aromatic N) is 4. The molecule has 4 rings (SSSR count). The Hall–Kier alpha value is -3.56. The van der Waals surface area contributed by atoms with Gasteiger partial charge < -0.3 is 25.6 Å². The number of aromatic nitrogens is 3. The molecule has 2 fully saturated rings. The number of carbonyl (C=O) groups is 3. The molecule has 222 valence electrons. The van der Waals surface area contributed by atoms with Gasteiger partial charge in [-0.25, -0.2) is 9.50 Å². The summed E-state index contributed by atoms with van der Waals surface area (Å²) in [5.41, 5.74) is 4.75. The Morgan fingerprint density at radius 3 is 2.61 bits per heavy atom. The quantitative estimate of drug-likeness (QED) is 0.400. The van der Waals surface area contributed by atoms with Gasteiger partial charge in [0.15, 0.2) is 5.82 Å². The lowest BCUT2D eigenvalue weighted by Crippen LogP contribution is -2.44. The molecule has 2 aliphatic carbocycles. The van der Waals surface area contributed by atoms with Gasteiger partial charge in [-0.15, -0.1) is 0 Å². The Kier molecular flexibility index (Phi) is 8.99. The number of fused-ring (bicyclic) bond motifs is 1. The Morgan fingerprint density at radius 1 is 1.27 bits per heavy atom. The standard InChI is InChI=1S/C29H40N6O6/c1-17(36)34-26-20-10-11-21(35(20)33-16-32-26)29(15-30)13-19(14-40-27(39)24(31)28(2,3)4)23(25(29)38)41-22(37)12-18-8-6-5-7-9-18/h10-11,16,18-19,23-25,38H,5-9,12-14,31H2,1-4H3,(H,32,33,34,36)/t19-,23-,24-,25-,29-/m1/s1. The van der Waals surface area contributed by atoms with Crippen LogP contribution in [0.4, 0.5) is 5.82 Å². The van der Waals surface area contributed by atoms with Gasteiger partial charge in [-0.3, -0.25) is 14.4 Å². The molecule has 0 aromatic carbocycles. The number of nitrogens with one attached hydrogen (secondary N) is 1. The maximum atomic E-state index is 13.1. The number of aliphatic hydroxyl groups excluding tert-OH is 1. The highest BCUT2D eigenvalue weighted by atomic mass is 16.6. The van der Waals surface area contributed by atoms with Crippen molar-refractivity contribution in [1.82, 2.24) is 14.6 Å². The first-order valence-corrected chi connectivity index (χ1v) is 14.2. The number of rotatable bonds is 8. The highest BCUT2D eigenvalue weighted by Gasteiger charge is 2.58. The van der Waals surface area contributed by atoms with Crippen molar-refractivity contribution in [1.29, 1.82) is 5.26 Å². The van der Waals surface area contributed by atoms with E-state index in [4.69, 9.17) is 15.2 Å². The van der Waals surface area contributed by atoms with Crippen LogP contribution in [0.1, 0.15) is 78.3 Å². The van der Waals surface area contributed by atoms with Gasteiger partial charge in [0.25, 0.3) is 0 Å². The fourth-order valence-electron chi connectivity index (χ4n) is 5.92. The van der Waals surface area contributed by atoms with Gasteiger partial charge in [0.05, 0.1) is 18.4 Å². The number of nitriles is 1. The zero-order valence-corrected chi connectivity index (χ0v) is 24.1. The van der Waals surface area contributed by atoms with Gasteiger partial charge in [-0.1, -0.05) is 40.0 Å². The second kappa shape index (κ2) is 12.1. The molecule has 0 spiro atoms. The van der Waals surface area contributed by atoms with Crippen LogP contribution in [0.15, 0.2) is 18.5 Å². The lowest BCUT2D eigenvalue weighted by molar-refractivity contribution is -0.161. The van der Waals surface area contributed by atoms with Crippen molar-refractivity contribution in [3.8, 4) is 6.07 Å². The van der Waals surface area contributed by atoms with Crippen LogP contribution in [-0.4, -0.2) is 62.4 Å². The number of amides is 1. The first-order chi connectivity index (χ1) is 19.4. The molecule has 0 bridgehead atoms. The van der Waals surface area contributed by atoms with Gasteiger partial charge >= 0.3 is 11.9 Å². The zero-order chi connectivity index (χ0) is 29.9. The minimum Gasteiger partial charge on any atom is -0.464 e. The highest BCUT2D eigenvalue weighted by molar-refractivity contribution is 5.92. The lowest BCUT2D eigenvalue weighted by atomic mass is 9.81. The predicted molar refractivity (Wildman–Crippen MR) is 148 cm³/mol. The topological polar surface area (TPSA) is 182 Å². The van der Waals surface area contributed by atoms with E-state index in [9.17, 15) is 24.8 Å². The third-order valence-corrected chi connectivity index (χ3v) is 8.34. The summed E-state index contributed by atoms with van der Waals surface area (Å²) in [5, 5.41) is 29.1. The minimum absolute atomic E-state index is 0.0235. The maximum Gasteiger partial charge on any atom is 0.323 e. The fourth-order valence-corrected chi connectivity index (χ4v) is 5.92. The van der Waals surface area contributed by atoms with Gasteiger partial charge in [-0.05, 0) is 42.7 Å². The van der Waals surface area contributed by atoms with Crippen molar-refractivity contribution < 1.29 is 29.0 Å². The van der Waals surface area contributed by atoms with Crippen LogP contribution in [0, 0.1) is 28.6 Å². The number of ether oxygens (including phenoxy) is 2. The molecule has 4 N–H and O–H groups in total. The first-order valence-electron chi connectivity index (χ1n) is 14.2. The number of carbonyl (C=O) groups excluding carboxylic acids is 3. The average Bonchev–Trinajstić information content (AvgIpc) is 3.47. The molecule has 0 unspecified atom stereocenters. The number of hydrogen-bond donors (Lipinski definition) is 3. The molecule has 2 aromatic heterocycles. The van der Waals surface area contributed by atoms with Crippen LogP contribution in [0.2, 0.25) is 0 Å². The van der Waals surface area contributed by atoms with Crippen molar-refractivity contribution in [3.63, 3.8) is 0 Å². The van der Waals surface area contributed by atoms with E-state index in [0.29, 0.717) is 11.2 Å². The smallest absolute Gasteiger partial charge is 0.323 e. The summed E-state index contributed by atoms with van der Waals surface area (Å²) >= 11 is 0. The van der Waals surface area contributed by atoms with E-state index >= 15 is 0 Å². The molecular weight excluding hydrogens is 528 g/mol. The zero-order valence-electron chi connectivity index (χ0n) is 24.1. The van der Waals surface area contributed by atoms with E-state index in [1.807, 2.05) is 20.8 Å². The average molecular weight is 569 g/mol. The van der Waals surface area contributed by atoms with E-state index in [2.05, 4.69) is 21.5 Å². The van der Waals surface area contributed by atoms with Gasteiger partial charge in [0, 0.05) is 19.3 Å². The normalized spacial score (nSPS) is 25.8. The molecule has 2 aromatic rings. The number of aliphatic hydroxyl groups is 1. The summed E-state index contributed by atoms with van der Waals surface area (Å²) in [5.74, 6) is -1.61. The molecule has 2 heterocycles. The predicted octanol–water partition coefficient (Wildman–Crippen LogP) is 2.63. The van der Waals surface area contributed by atoms with Gasteiger partial charge in [0.2, 0.25) is 5.91 Å². The van der Waals surface area contributed by atoms with E-state index in [1.165, 1.54) is 17.8 Å². The largest absolute Gasteiger partial charge is 0.464 e. The van der Waals surface area contributed by atoms with Gasteiger partial charge in [0.1, 0.15) is 35.5 Å². The summed E-state index contributed by atoms with van der Waals surface area (Å²) < 4.78 is 12.9. The van der Waals surface area contributed by atoms with Crippen molar-refractivity contribution in [2.24, 2.45) is 23.0 Å². The molecule has 2 saturated carbocycles. The number of anilines is 1. The molecule has 12 nitrogen and oxygen atoms in total. The molecule has 0 saturated heterocycles. The van der Waals surface area contributed by atoms with Crippen LogP contribution in [0.3, 0.4) is 0 Å². The van der Waals surface area contributed by atoms with E-state index in [0.717, 1.165) is 32.1 Å². The summed E-state index contributed by atoms with van der Waals surface area (Å²) in [4.78, 5) is 41.6. The van der Waals surface area contributed by atoms with E-state index in [-0.39, 0.29) is 37.1 Å². The Bertz CT molecular complexity index is 1320. The second-order valence-electron chi connectivity index (χ2n) is 12.4. The van der Waals surface area contributed by atoms with Crippen LogP contribution < -0.4 is 11.1 Å². The molecular formula is C29H40N6O6. The van der Waals surface area contributed by atoms with Crippen LogP contribution in [0.5, 0.6) is 0 Å². The number of nitrogens with two attached hydrogens (primary N) is 1. The van der Waals surface area contributed by atoms with Crippen LogP contribution in [0.25, 0.3) is 5.52 Å². The van der Waals surface area contributed by atoms with Gasteiger partial charge in [-0.2, -0.15) is 10.4 Å². The highest BCUT2D eigenvalue weighted by Crippen LogP contribution is 2.46. The summed E-state index contributed by atoms with van der Waals surface area (Å²) in [6, 6.07) is 4.64. The van der Waals surface area contributed by atoms with E-state index < -0.39 is 46.9 Å². The fraction of sp³-hybridized carbons (Fsp3) is 0.655. The summed E-state index contributed by atoms with van der Waals surface area (Å²) in [7, 11) is 0. The SMILES string of the molecule is CC(=O)Nc1ncnn2c([C@]3(C#N)C[C@H](COC(=O)[C@@H](N)C(C)(C)C)[C@@H](OC(=O)CC4CCCCC4)[C@H]3O)ccc12. The summed E-state index contributed by atoms with van der Waals surface area (Å²) in [6.07, 6.45) is 4.12. The molecule has 41 heavy (non-hydrogen) atoms. The van der Waals surface area contributed by atoms with Crippen LogP contribution in [-0.2, 0) is 29.3 Å². The van der Waals surface area contributed by atoms with Crippen LogP contribution >= 0.6 is 0 Å². The van der Waals surface area contributed by atoms with Crippen molar-refractivity contribution >= 4 is 29.2 Å². The minimum atomic E-state index is -1.56. The van der Waals surface area contributed by atoms with Crippen molar-refractivity contribution in [2.75, 3.05) is 11.9 Å². The molecule has 1 amide bonds. The first kappa shape index (κ1) is 30.4. The third kappa shape index (κ3) is 6.36. The van der Waals surface area contributed by atoms with E-state index in [1.54, 1.807) is 12.1 Å². The molecule has 2 aliphatic rings. The monoisotopic (exact) mass is 568 g/mol. The molecule has 0 aliphatic heterocycles. The Morgan fingerprint density at radius 2 is 1.98 bits per heavy atom. The Labute approximate surface area is 239 Å². The molecule has 12 heteroatoms. The number of esters is 2. The molecule has 0 radical (unpaired) electrons. The Balaban J connectivity index is 1.65. The second-order valence-corrected chi connectivity index (χ2v) is 12.4. The maximum absolute atomic E-state index is 13.1. The lowest BCUT2D eigenvalue weighted by Gasteiger charge is -2.28. The third-order valence-electron chi connectivity index (χ3n) is 8.34.